The number of fused-ring (bicyclic) bond motifs is 1. The van der Waals surface area contributed by atoms with Gasteiger partial charge in [-0.25, -0.2) is 9.50 Å². The van der Waals surface area contributed by atoms with Crippen molar-refractivity contribution in [3.05, 3.63) is 96.7 Å². The van der Waals surface area contributed by atoms with Crippen molar-refractivity contribution in [3.63, 3.8) is 0 Å². The van der Waals surface area contributed by atoms with Crippen LogP contribution in [0.3, 0.4) is 0 Å². The van der Waals surface area contributed by atoms with Crippen LogP contribution < -0.4 is 9.80 Å². The Morgan fingerprint density at radius 1 is 0.706 bits per heavy atom. The van der Waals surface area contributed by atoms with Crippen molar-refractivity contribution < 1.29 is 0 Å². The van der Waals surface area contributed by atoms with Crippen LogP contribution in [0.25, 0.3) is 16.6 Å². The molecule has 6 rings (SSSR count). The van der Waals surface area contributed by atoms with E-state index in [1.807, 2.05) is 41.0 Å². The second-order valence-electron chi connectivity index (χ2n) is 8.84. The molecule has 5 heterocycles. The fourth-order valence-corrected chi connectivity index (χ4v) is 4.67. The number of benzene rings is 1. The van der Waals surface area contributed by atoms with Crippen LogP contribution >= 0.6 is 0 Å². The van der Waals surface area contributed by atoms with Crippen molar-refractivity contribution in [1.82, 2.24) is 24.4 Å². The van der Waals surface area contributed by atoms with E-state index in [1.165, 1.54) is 16.8 Å². The van der Waals surface area contributed by atoms with E-state index in [0.717, 1.165) is 55.1 Å². The number of aryl methyl sites for hydroxylation is 1. The average molecular weight is 450 g/mol. The molecular formula is C27H27N7. The first-order valence-corrected chi connectivity index (χ1v) is 11.7. The summed E-state index contributed by atoms with van der Waals surface area (Å²) in [4.78, 5) is 9.55. The Labute approximate surface area is 198 Å². The third-order valence-electron chi connectivity index (χ3n) is 6.54. The predicted molar refractivity (Wildman–Crippen MR) is 135 cm³/mol. The molecule has 0 N–H and O–H groups in total. The van der Waals surface area contributed by atoms with Crippen LogP contribution in [0.4, 0.5) is 11.5 Å². The molecule has 0 atom stereocenters. The second-order valence-corrected chi connectivity index (χ2v) is 8.84. The Kier molecular flexibility index (Phi) is 5.22. The summed E-state index contributed by atoms with van der Waals surface area (Å²) < 4.78 is 3.79. The summed E-state index contributed by atoms with van der Waals surface area (Å²) in [5, 5.41) is 8.91. The molecule has 0 saturated carbocycles. The van der Waals surface area contributed by atoms with Crippen LogP contribution in [0.1, 0.15) is 11.1 Å². The molecule has 170 valence electrons. The standard InChI is InChI=1S/C27H27N7/c1-31-19-24(17-29-31)23-8-9-25-26(18-30-34(25)20-23)32-11-13-33(14-12-32)27-10-7-22(16-28-27)15-21-5-3-2-4-6-21/h2-10,16-20H,11-15H2,1H3. The highest BCUT2D eigenvalue weighted by Gasteiger charge is 2.21. The minimum absolute atomic E-state index is 0.916. The van der Waals surface area contributed by atoms with Gasteiger partial charge in [0.15, 0.2) is 0 Å². The van der Waals surface area contributed by atoms with Gasteiger partial charge in [-0.2, -0.15) is 10.2 Å². The third-order valence-corrected chi connectivity index (χ3v) is 6.54. The lowest BCUT2D eigenvalue weighted by molar-refractivity contribution is 0.648. The zero-order chi connectivity index (χ0) is 22.9. The molecular weight excluding hydrogens is 422 g/mol. The SMILES string of the molecule is Cn1cc(-c2ccc3c(N4CCN(c5ccc(Cc6ccccc6)cn5)CC4)cnn3c2)cn1. The summed E-state index contributed by atoms with van der Waals surface area (Å²) in [5.41, 5.74) is 7.07. The topological polar surface area (TPSA) is 54.5 Å². The lowest BCUT2D eigenvalue weighted by Gasteiger charge is -2.36. The molecule has 0 amide bonds. The van der Waals surface area contributed by atoms with Crippen LogP contribution in [0.2, 0.25) is 0 Å². The van der Waals surface area contributed by atoms with Crippen LogP contribution in [0.5, 0.6) is 0 Å². The van der Waals surface area contributed by atoms with Gasteiger partial charge in [-0.15, -0.1) is 0 Å². The van der Waals surface area contributed by atoms with Gasteiger partial charge in [0.2, 0.25) is 0 Å². The van der Waals surface area contributed by atoms with Gasteiger partial charge in [-0.05, 0) is 29.7 Å². The highest BCUT2D eigenvalue weighted by atomic mass is 15.3. The monoisotopic (exact) mass is 449 g/mol. The molecule has 0 unspecified atom stereocenters. The van der Waals surface area contributed by atoms with Gasteiger partial charge in [0.1, 0.15) is 5.82 Å². The number of piperazine rings is 1. The number of pyridine rings is 2. The Bertz CT molecular complexity index is 1390. The molecule has 0 aliphatic carbocycles. The number of rotatable bonds is 5. The maximum absolute atomic E-state index is 4.76. The zero-order valence-electron chi connectivity index (χ0n) is 19.2. The number of aromatic nitrogens is 5. The molecule has 0 spiro atoms. The molecule has 1 aliphatic heterocycles. The van der Waals surface area contributed by atoms with Crippen molar-refractivity contribution in [2.24, 2.45) is 7.05 Å². The van der Waals surface area contributed by atoms with Gasteiger partial charge in [-0.1, -0.05) is 42.5 Å². The third kappa shape index (κ3) is 4.01. The molecule has 1 fully saturated rings. The highest BCUT2D eigenvalue weighted by molar-refractivity contribution is 5.75. The van der Waals surface area contributed by atoms with E-state index in [2.05, 4.69) is 80.8 Å². The van der Waals surface area contributed by atoms with Crippen LogP contribution in [-0.2, 0) is 13.5 Å². The summed E-state index contributed by atoms with van der Waals surface area (Å²) in [6.07, 6.45) is 10.9. The molecule has 7 heteroatoms. The van der Waals surface area contributed by atoms with E-state index in [0.29, 0.717) is 0 Å². The van der Waals surface area contributed by atoms with Gasteiger partial charge < -0.3 is 9.80 Å². The maximum Gasteiger partial charge on any atom is 0.128 e. The quantitative estimate of drug-likeness (QED) is 0.405. The van der Waals surface area contributed by atoms with Crippen molar-refractivity contribution in [2.75, 3.05) is 36.0 Å². The molecule has 1 aromatic carbocycles. The van der Waals surface area contributed by atoms with Gasteiger partial charge >= 0.3 is 0 Å². The van der Waals surface area contributed by atoms with E-state index in [4.69, 9.17) is 4.98 Å². The molecule has 4 aromatic heterocycles. The summed E-state index contributed by atoms with van der Waals surface area (Å²) in [6.45, 7) is 3.77. The van der Waals surface area contributed by atoms with Crippen molar-refractivity contribution >= 4 is 17.0 Å². The summed E-state index contributed by atoms with van der Waals surface area (Å²) in [5.74, 6) is 1.05. The second kappa shape index (κ2) is 8.67. The van der Waals surface area contributed by atoms with Crippen molar-refractivity contribution in [3.8, 4) is 11.1 Å². The fourth-order valence-electron chi connectivity index (χ4n) is 4.67. The van der Waals surface area contributed by atoms with Crippen LogP contribution in [-0.4, -0.2) is 50.6 Å². The minimum atomic E-state index is 0.916. The normalized spacial score (nSPS) is 14.1. The molecule has 0 radical (unpaired) electrons. The van der Waals surface area contributed by atoms with Crippen molar-refractivity contribution in [2.45, 2.75) is 6.42 Å². The first kappa shape index (κ1) is 20.5. The predicted octanol–water partition coefficient (Wildman–Crippen LogP) is 4.05. The van der Waals surface area contributed by atoms with E-state index in [1.54, 1.807) is 0 Å². The van der Waals surface area contributed by atoms with Crippen LogP contribution in [0.15, 0.2) is 85.6 Å². The smallest absolute Gasteiger partial charge is 0.128 e. The van der Waals surface area contributed by atoms with E-state index in [-0.39, 0.29) is 0 Å². The van der Waals surface area contributed by atoms with Crippen molar-refractivity contribution in [1.29, 1.82) is 0 Å². The zero-order valence-corrected chi connectivity index (χ0v) is 19.2. The average Bonchev–Trinajstić information content (AvgIpc) is 3.51. The Morgan fingerprint density at radius 2 is 1.53 bits per heavy atom. The van der Waals surface area contributed by atoms with Gasteiger partial charge in [0.25, 0.3) is 0 Å². The molecule has 7 nitrogen and oxygen atoms in total. The summed E-state index contributed by atoms with van der Waals surface area (Å²) in [7, 11) is 1.93. The van der Waals surface area contributed by atoms with Gasteiger partial charge in [-0.3, -0.25) is 4.68 Å². The Balaban J connectivity index is 1.12. The van der Waals surface area contributed by atoms with Gasteiger partial charge in [0.05, 0.1) is 23.6 Å². The first-order chi connectivity index (χ1) is 16.7. The largest absolute Gasteiger partial charge is 0.365 e. The lowest BCUT2D eigenvalue weighted by Crippen LogP contribution is -2.46. The molecule has 5 aromatic rings. The lowest BCUT2D eigenvalue weighted by atomic mass is 10.1. The number of nitrogens with zero attached hydrogens (tertiary/aromatic N) is 7. The molecule has 34 heavy (non-hydrogen) atoms. The van der Waals surface area contributed by atoms with Gasteiger partial charge in [0, 0.05) is 62.9 Å². The number of hydrogen-bond donors (Lipinski definition) is 0. The number of anilines is 2. The fraction of sp³-hybridized carbons (Fsp3) is 0.222. The van der Waals surface area contributed by atoms with E-state index in [9.17, 15) is 0 Å². The van der Waals surface area contributed by atoms with E-state index >= 15 is 0 Å². The Morgan fingerprint density at radius 3 is 2.26 bits per heavy atom. The Hall–Kier alpha value is -4.13. The van der Waals surface area contributed by atoms with E-state index < -0.39 is 0 Å². The minimum Gasteiger partial charge on any atom is -0.365 e. The summed E-state index contributed by atoms with van der Waals surface area (Å²) in [6, 6.07) is 19.2. The van der Waals surface area contributed by atoms with Crippen LogP contribution in [0, 0.1) is 0 Å². The maximum atomic E-state index is 4.76. The number of hydrogen-bond acceptors (Lipinski definition) is 5. The molecule has 0 bridgehead atoms. The summed E-state index contributed by atoms with van der Waals surface area (Å²) >= 11 is 0. The highest BCUT2D eigenvalue weighted by Crippen LogP contribution is 2.27. The molecule has 1 aliphatic rings. The first-order valence-electron chi connectivity index (χ1n) is 11.7. The molecule has 1 saturated heterocycles.